The molecule has 0 radical (unpaired) electrons. The van der Waals surface area contributed by atoms with E-state index in [0.29, 0.717) is 0 Å². The first-order chi connectivity index (χ1) is 8.61. The summed E-state index contributed by atoms with van der Waals surface area (Å²) in [4.78, 5) is 0. The van der Waals surface area contributed by atoms with Gasteiger partial charge in [0.25, 0.3) is 6.43 Å². The van der Waals surface area contributed by atoms with E-state index < -0.39 is 17.8 Å². The van der Waals surface area contributed by atoms with Gasteiger partial charge in [0.15, 0.2) is 0 Å². The summed E-state index contributed by atoms with van der Waals surface area (Å²) < 4.78 is 43.7. The van der Waals surface area contributed by atoms with Gasteiger partial charge in [-0.2, -0.15) is 0 Å². The molecule has 0 aliphatic heterocycles. The molecule has 1 aromatic carbocycles. The van der Waals surface area contributed by atoms with Crippen LogP contribution in [-0.2, 0) is 4.74 Å². The van der Waals surface area contributed by atoms with Crippen LogP contribution in [0.1, 0.15) is 49.2 Å². The Morgan fingerprint density at radius 1 is 1.17 bits per heavy atom. The molecule has 0 bridgehead atoms. The van der Waals surface area contributed by atoms with Crippen molar-refractivity contribution in [3.63, 3.8) is 0 Å². The molecule has 1 aliphatic carbocycles. The number of benzene rings is 1. The van der Waals surface area contributed by atoms with Gasteiger partial charge in [0, 0.05) is 7.11 Å². The minimum atomic E-state index is -2.75. The standard InChI is InChI=1S/C14H17F3O/c1-18-11-5-2-9(3-6-11)10-4-7-12(14(16)17)13(15)8-10/h4,7-9,11,14H,2-3,5-6H2,1H3. The van der Waals surface area contributed by atoms with Crippen molar-refractivity contribution in [1.29, 1.82) is 0 Å². The molecule has 2 rings (SSSR count). The molecule has 1 aromatic rings. The van der Waals surface area contributed by atoms with E-state index in [9.17, 15) is 13.2 Å². The molecule has 0 amide bonds. The lowest BCUT2D eigenvalue weighted by molar-refractivity contribution is 0.0658. The third-order valence-corrected chi connectivity index (χ3v) is 3.74. The molecular weight excluding hydrogens is 241 g/mol. The summed E-state index contributed by atoms with van der Waals surface area (Å²) in [6, 6.07) is 4.10. The predicted octanol–water partition coefficient (Wildman–Crippen LogP) is 4.44. The van der Waals surface area contributed by atoms with Gasteiger partial charge < -0.3 is 4.74 Å². The Kier molecular flexibility index (Phi) is 4.27. The van der Waals surface area contributed by atoms with Gasteiger partial charge in [-0.1, -0.05) is 12.1 Å². The normalized spacial score (nSPS) is 24.5. The number of rotatable bonds is 3. The van der Waals surface area contributed by atoms with Crippen LogP contribution in [0, 0.1) is 5.82 Å². The number of hydrogen-bond acceptors (Lipinski definition) is 1. The van der Waals surface area contributed by atoms with E-state index in [1.165, 1.54) is 12.1 Å². The van der Waals surface area contributed by atoms with Gasteiger partial charge >= 0.3 is 0 Å². The summed E-state index contributed by atoms with van der Waals surface area (Å²) in [5.74, 6) is -0.533. The van der Waals surface area contributed by atoms with Crippen LogP contribution >= 0.6 is 0 Å². The summed E-state index contributed by atoms with van der Waals surface area (Å²) in [6.45, 7) is 0. The van der Waals surface area contributed by atoms with Crippen molar-refractivity contribution in [3.05, 3.63) is 35.1 Å². The molecule has 4 heteroatoms. The zero-order valence-electron chi connectivity index (χ0n) is 10.3. The van der Waals surface area contributed by atoms with Crippen LogP contribution in [0.4, 0.5) is 13.2 Å². The first kappa shape index (κ1) is 13.4. The first-order valence-corrected chi connectivity index (χ1v) is 6.22. The number of halogens is 3. The molecule has 0 saturated heterocycles. The highest BCUT2D eigenvalue weighted by atomic mass is 19.3. The predicted molar refractivity (Wildman–Crippen MR) is 63.4 cm³/mol. The smallest absolute Gasteiger partial charge is 0.266 e. The van der Waals surface area contributed by atoms with Crippen LogP contribution in [0.5, 0.6) is 0 Å². The van der Waals surface area contributed by atoms with Crippen molar-refractivity contribution in [2.45, 2.75) is 44.1 Å². The molecule has 1 nitrogen and oxygen atoms in total. The second-order valence-corrected chi connectivity index (χ2v) is 4.79. The van der Waals surface area contributed by atoms with Gasteiger partial charge in [-0.3, -0.25) is 0 Å². The minimum absolute atomic E-state index is 0.262. The van der Waals surface area contributed by atoms with E-state index >= 15 is 0 Å². The van der Waals surface area contributed by atoms with Crippen LogP contribution in [0.3, 0.4) is 0 Å². The second kappa shape index (κ2) is 5.74. The summed E-state index contributed by atoms with van der Waals surface area (Å²) in [5, 5.41) is 0. The highest BCUT2D eigenvalue weighted by molar-refractivity contribution is 5.28. The topological polar surface area (TPSA) is 9.23 Å². The minimum Gasteiger partial charge on any atom is -0.381 e. The number of ether oxygens (including phenoxy) is 1. The fraction of sp³-hybridized carbons (Fsp3) is 0.571. The fourth-order valence-electron chi connectivity index (χ4n) is 2.61. The largest absolute Gasteiger partial charge is 0.381 e. The van der Waals surface area contributed by atoms with Gasteiger partial charge in [0.2, 0.25) is 0 Å². The van der Waals surface area contributed by atoms with Crippen LogP contribution in [0.15, 0.2) is 18.2 Å². The van der Waals surface area contributed by atoms with E-state index in [4.69, 9.17) is 4.74 Å². The fourth-order valence-corrected chi connectivity index (χ4v) is 2.61. The van der Waals surface area contributed by atoms with E-state index in [2.05, 4.69) is 0 Å². The van der Waals surface area contributed by atoms with Gasteiger partial charge in [-0.05, 0) is 43.2 Å². The monoisotopic (exact) mass is 258 g/mol. The van der Waals surface area contributed by atoms with Crippen molar-refractivity contribution in [2.75, 3.05) is 7.11 Å². The molecule has 0 aromatic heterocycles. The first-order valence-electron chi connectivity index (χ1n) is 6.22. The van der Waals surface area contributed by atoms with E-state index in [0.717, 1.165) is 31.2 Å². The van der Waals surface area contributed by atoms with Crippen LogP contribution in [-0.4, -0.2) is 13.2 Å². The average molecular weight is 258 g/mol. The Labute approximate surface area is 105 Å². The van der Waals surface area contributed by atoms with E-state index in [1.54, 1.807) is 13.2 Å². The Balaban J connectivity index is 2.08. The van der Waals surface area contributed by atoms with Crippen molar-refractivity contribution in [3.8, 4) is 0 Å². The van der Waals surface area contributed by atoms with Crippen molar-refractivity contribution in [1.82, 2.24) is 0 Å². The van der Waals surface area contributed by atoms with E-state index in [1.807, 2.05) is 0 Å². The van der Waals surface area contributed by atoms with E-state index in [-0.39, 0.29) is 12.0 Å². The molecule has 0 unspecified atom stereocenters. The highest BCUT2D eigenvalue weighted by Crippen LogP contribution is 2.35. The zero-order valence-corrected chi connectivity index (χ0v) is 10.3. The molecule has 0 spiro atoms. The average Bonchev–Trinajstić information content (AvgIpc) is 2.38. The molecule has 1 saturated carbocycles. The summed E-state index contributed by atoms with van der Waals surface area (Å²) in [5.41, 5.74) is 0.316. The Bertz CT molecular complexity index is 398. The van der Waals surface area contributed by atoms with Crippen LogP contribution in [0.2, 0.25) is 0 Å². The molecule has 0 N–H and O–H groups in total. The second-order valence-electron chi connectivity index (χ2n) is 4.79. The number of hydrogen-bond donors (Lipinski definition) is 0. The molecule has 1 fully saturated rings. The lowest BCUT2D eigenvalue weighted by Gasteiger charge is -2.28. The lowest BCUT2D eigenvalue weighted by Crippen LogP contribution is -2.19. The van der Waals surface area contributed by atoms with Crippen LogP contribution < -0.4 is 0 Å². The summed E-state index contributed by atoms with van der Waals surface area (Å²) in [7, 11) is 1.70. The van der Waals surface area contributed by atoms with Gasteiger partial charge in [-0.25, -0.2) is 13.2 Å². The van der Waals surface area contributed by atoms with Gasteiger partial charge in [-0.15, -0.1) is 0 Å². The summed E-state index contributed by atoms with van der Waals surface area (Å²) >= 11 is 0. The maximum Gasteiger partial charge on any atom is 0.266 e. The van der Waals surface area contributed by atoms with Crippen molar-refractivity contribution < 1.29 is 17.9 Å². The zero-order chi connectivity index (χ0) is 13.1. The highest BCUT2D eigenvalue weighted by Gasteiger charge is 2.23. The molecule has 0 heterocycles. The third-order valence-electron chi connectivity index (χ3n) is 3.74. The van der Waals surface area contributed by atoms with Crippen molar-refractivity contribution in [2.24, 2.45) is 0 Å². The maximum atomic E-state index is 13.5. The Hall–Kier alpha value is -1.03. The Morgan fingerprint density at radius 3 is 2.33 bits per heavy atom. The molecule has 0 atom stereocenters. The summed E-state index contributed by atoms with van der Waals surface area (Å²) in [6.07, 6.45) is 1.27. The quantitative estimate of drug-likeness (QED) is 0.779. The molecule has 100 valence electrons. The lowest BCUT2D eigenvalue weighted by atomic mass is 9.82. The van der Waals surface area contributed by atoms with Crippen LogP contribution in [0.25, 0.3) is 0 Å². The van der Waals surface area contributed by atoms with Gasteiger partial charge in [0.05, 0.1) is 11.7 Å². The van der Waals surface area contributed by atoms with Gasteiger partial charge in [0.1, 0.15) is 5.82 Å². The maximum absolute atomic E-state index is 13.5. The molecule has 1 aliphatic rings. The number of alkyl halides is 2. The molecular formula is C14H17F3O. The molecule has 18 heavy (non-hydrogen) atoms. The SMILES string of the molecule is COC1CCC(c2ccc(C(F)F)c(F)c2)CC1. The third kappa shape index (κ3) is 2.86. The Morgan fingerprint density at radius 2 is 1.83 bits per heavy atom. The van der Waals surface area contributed by atoms with Crippen molar-refractivity contribution >= 4 is 0 Å². The number of methoxy groups -OCH3 is 1.